The number of ether oxygens (including phenoxy) is 1. The molecular weight excluding hydrogens is 350 g/mol. The number of aromatic hydroxyl groups is 2. The van der Waals surface area contributed by atoms with Crippen molar-refractivity contribution in [2.24, 2.45) is 0 Å². The molecule has 0 aliphatic carbocycles. The van der Waals surface area contributed by atoms with Crippen molar-refractivity contribution in [1.82, 2.24) is 5.32 Å². The third-order valence-electron chi connectivity index (χ3n) is 3.87. The molecule has 0 heterocycles. The van der Waals surface area contributed by atoms with Gasteiger partial charge in [0.1, 0.15) is 11.5 Å². The molecule has 7 nitrogen and oxygen atoms in total. The van der Waals surface area contributed by atoms with Gasteiger partial charge in [-0.2, -0.15) is 0 Å². The minimum Gasteiger partial charge on any atom is -0.508 e. The van der Waals surface area contributed by atoms with Gasteiger partial charge >= 0.3 is 5.97 Å². The van der Waals surface area contributed by atoms with Crippen LogP contribution in [0.2, 0.25) is 0 Å². The molecule has 0 aliphatic heterocycles. The number of hydrogen-bond donors (Lipinski definition) is 3. The van der Waals surface area contributed by atoms with E-state index in [0.29, 0.717) is 0 Å². The first-order chi connectivity index (χ1) is 12.8. The first-order valence-electron chi connectivity index (χ1n) is 8.30. The molecule has 0 aliphatic rings. The van der Waals surface area contributed by atoms with Crippen molar-refractivity contribution in [1.29, 1.82) is 0 Å². The fraction of sp³-hybridized carbons (Fsp3) is 0.250. The summed E-state index contributed by atoms with van der Waals surface area (Å²) in [5.74, 6) is -2.14. The SMILES string of the molecule is CC(=O)N[C@@H](CC(=O)OCC(=O)c1ccc(O)cc1O)c1ccc(C)cc1. The zero-order valence-electron chi connectivity index (χ0n) is 15.1. The first-order valence-corrected chi connectivity index (χ1v) is 8.30. The molecule has 0 unspecified atom stereocenters. The van der Waals surface area contributed by atoms with Crippen LogP contribution in [0.4, 0.5) is 0 Å². The molecule has 0 saturated heterocycles. The van der Waals surface area contributed by atoms with Gasteiger partial charge in [-0.15, -0.1) is 0 Å². The van der Waals surface area contributed by atoms with Crippen LogP contribution in [0.1, 0.15) is 40.9 Å². The monoisotopic (exact) mass is 371 g/mol. The second-order valence-electron chi connectivity index (χ2n) is 6.15. The fourth-order valence-electron chi connectivity index (χ4n) is 2.50. The maximum atomic E-state index is 12.1. The highest BCUT2D eigenvalue weighted by Gasteiger charge is 2.20. The van der Waals surface area contributed by atoms with Crippen molar-refractivity contribution in [3.63, 3.8) is 0 Å². The Morgan fingerprint density at radius 1 is 1.07 bits per heavy atom. The molecule has 0 saturated carbocycles. The van der Waals surface area contributed by atoms with E-state index < -0.39 is 30.2 Å². The van der Waals surface area contributed by atoms with Gasteiger partial charge in [0.25, 0.3) is 0 Å². The highest BCUT2D eigenvalue weighted by atomic mass is 16.5. The number of carbonyl (C=O) groups is 3. The molecule has 2 rings (SSSR count). The van der Waals surface area contributed by atoms with E-state index in [9.17, 15) is 24.6 Å². The third-order valence-corrected chi connectivity index (χ3v) is 3.87. The van der Waals surface area contributed by atoms with Crippen molar-refractivity contribution in [2.75, 3.05) is 6.61 Å². The van der Waals surface area contributed by atoms with Crippen LogP contribution in [0, 0.1) is 6.92 Å². The van der Waals surface area contributed by atoms with E-state index in [4.69, 9.17) is 4.74 Å². The second-order valence-corrected chi connectivity index (χ2v) is 6.15. The van der Waals surface area contributed by atoms with E-state index in [1.807, 2.05) is 31.2 Å². The first kappa shape index (κ1) is 20.0. The summed E-state index contributed by atoms with van der Waals surface area (Å²) in [6.45, 7) is 2.72. The zero-order chi connectivity index (χ0) is 20.0. The van der Waals surface area contributed by atoms with Gasteiger partial charge in [0.05, 0.1) is 18.0 Å². The molecule has 2 aromatic rings. The van der Waals surface area contributed by atoms with Crippen LogP contribution in [-0.2, 0) is 14.3 Å². The number of ketones is 1. The molecular formula is C20H21NO6. The van der Waals surface area contributed by atoms with Crippen molar-refractivity contribution >= 4 is 17.7 Å². The summed E-state index contributed by atoms with van der Waals surface area (Å²) >= 11 is 0. The lowest BCUT2D eigenvalue weighted by Crippen LogP contribution is -2.29. The zero-order valence-corrected chi connectivity index (χ0v) is 15.1. The van der Waals surface area contributed by atoms with Gasteiger partial charge in [-0.25, -0.2) is 0 Å². The smallest absolute Gasteiger partial charge is 0.308 e. The summed E-state index contributed by atoms with van der Waals surface area (Å²) in [7, 11) is 0. The van der Waals surface area contributed by atoms with Crippen LogP contribution in [0.25, 0.3) is 0 Å². The summed E-state index contributed by atoms with van der Waals surface area (Å²) in [4.78, 5) is 35.6. The normalized spacial score (nSPS) is 11.5. The predicted octanol–water partition coefficient (Wildman–Crippen LogP) is 2.40. The topological polar surface area (TPSA) is 113 Å². The van der Waals surface area contributed by atoms with Crippen LogP contribution in [0.3, 0.4) is 0 Å². The van der Waals surface area contributed by atoms with E-state index in [1.165, 1.54) is 19.1 Å². The number of rotatable bonds is 7. The van der Waals surface area contributed by atoms with E-state index in [2.05, 4.69) is 5.32 Å². The largest absolute Gasteiger partial charge is 0.508 e. The Hall–Kier alpha value is -3.35. The van der Waals surface area contributed by atoms with Gasteiger partial charge < -0.3 is 20.3 Å². The van der Waals surface area contributed by atoms with Crippen LogP contribution in [0.15, 0.2) is 42.5 Å². The number of carbonyl (C=O) groups excluding carboxylic acids is 3. The van der Waals surface area contributed by atoms with Gasteiger partial charge in [-0.3, -0.25) is 14.4 Å². The lowest BCUT2D eigenvalue weighted by Gasteiger charge is -2.18. The van der Waals surface area contributed by atoms with Crippen molar-refractivity contribution < 1.29 is 29.3 Å². The van der Waals surface area contributed by atoms with Crippen LogP contribution >= 0.6 is 0 Å². The number of amides is 1. The summed E-state index contributed by atoms with van der Waals surface area (Å²) in [6, 6.07) is 10.3. The lowest BCUT2D eigenvalue weighted by atomic mass is 10.0. The lowest BCUT2D eigenvalue weighted by molar-refractivity contribution is -0.143. The average molecular weight is 371 g/mol. The van der Waals surface area contributed by atoms with Gasteiger partial charge in [-0.05, 0) is 24.6 Å². The number of benzene rings is 2. The molecule has 0 radical (unpaired) electrons. The van der Waals surface area contributed by atoms with E-state index >= 15 is 0 Å². The van der Waals surface area contributed by atoms with E-state index in [-0.39, 0.29) is 23.6 Å². The van der Waals surface area contributed by atoms with Gasteiger partial charge in [0, 0.05) is 13.0 Å². The number of Topliss-reactive ketones (excluding diaryl/α,β-unsaturated/α-hetero) is 1. The van der Waals surface area contributed by atoms with Crippen LogP contribution in [0.5, 0.6) is 11.5 Å². The number of phenols is 2. The molecule has 7 heteroatoms. The molecule has 2 aromatic carbocycles. The van der Waals surface area contributed by atoms with Crippen molar-refractivity contribution in [3.8, 4) is 11.5 Å². The summed E-state index contributed by atoms with van der Waals surface area (Å²) in [5, 5.41) is 21.6. The van der Waals surface area contributed by atoms with Crippen molar-refractivity contribution in [3.05, 3.63) is 59.2 Å². The summed E-state index contributed by atoms with van der Waals surface area (Å²) in [5.41, 5.74) is 1.73. The molecule has 0 spiro atoms. The van der Waals surface area contributed by atoms with Crippen LogP contribution < -0.4 is 5.32 Å². The Bertz CT molecular complexity index is 844. The molecule has 1 amide bonds. The van der Waals surface area contributed by atoms with E-state index in [0.717, 1.165) is 17.2 Å². The number of hydrogen-bond acceptors (Lipinski definition) is 6. The Kier molecular flexibility index (Phi) is 6.54. The van der Waals surface area contributed by atoms with Gasteiger partial charge in [0.15, 0.2) is 6.61 Å². The average Bonchev–Trinajstić information content (AvgIpc) is 2.59. The Balaban J connectivity index is 1.99. The van der Waals surface area contributed by atoms with E-state index in [1.54, 1.807) is 0 Å². The standard InChI is InChI=1S/C20H21NO6/c1-12-3-5-14(6-4-12)17(21-13(2)22)10-20(26)27-11-19(25)16-8-7-15(23)9-18(16)24/h3-9,17,23-24H,10-11H2,1-2H3,(H,21,22)/t17-/m0/s1. The predicted molar refractivity (Wildman–Crippen MR) is 97.4 cm³/mol. The maximum Gasteiger partial charge on any atom is 0.308 e. The molecule has 0 fully saturated rings. The third kappa shape index (κ3) is 5.85. The van der Waals surface area contributed by atoms with Crippen LogP contribution in [-0.4, -0.2) is 34.5 Å². The number of aryl methyl sites for hydroxylation is 1. The Morgan fingerprint density at radius 2 is 1.74 bits per heavy atom. The molecule has 1 atom stereocenters. The van der Waals surface area contributed by atoms with Gasteiger partial charge in [0.2, 0.25) is 11.7 Å². The number of phenolic OH excluding ortho intramolecular Hbond substituents is 2. The molecule has 142 valence electrons. The summed E-state index contributed by atoms with van der Waals surface area (Å²) < 4.78 is 4.99. The minimum atomic E-state index is -0.666. The fourth-order valence-corrected chi connectivity index (χ4v) is 2.50. The molecule has 3 N–H and O–H groups in total. The Morgan fingerprint density at radius 3 is 2.33 bits per heavy atom. The quantitative estimate of drug-likeness (QED) is 0.509. The minimum absolute atomic E-state index is 0.0578. The molecule has 0 bridgehead atoms. The Labute approximate surface area is 156 Å². The number of nitrogens with one attached hydrogen (secondary N) is 1. The summed E-state index contributed by atoms with van der Waals surface area (Å²) in [6.07, 6.45) is -0.141. The highest BCUT2D eigenvalue weighted by Crippen LogP contribution is 2.23. The highest BCUT2D eigenvalue weighted by molar-refractivity contribution is 6.00. The molecule has 27 heavy (non-hydrogen) atoms. The maximum absolute atomic E-state index is 12.1. The molecule has 0 aromatic heterocycles. The number of esters is 1. The van der Waals surface area contributed by atoms with Gasteiger partial charge in [-0.1, -0.05) is 29.8 Å². The van der Waals surface area contributed by atoms with Crippen molar-refractivity contribution in [2.45, 2.75) is 26.3 Å². The second kappa shape index (κ2) is 8.84.